The standard InChI is InChI=1S/C29H39N3O4/c1-3-16-32(25-10-5-6-11-25)19-26-18-27(22-14-12-21(20-33)13-15-22)36-28(35-26)23-8-7-9-24(17-23)31-29(34)30-4-2/h3,7-9,12-15,17,25-28,33H,1,4-6,10-11,16,18-20H2,2H3,(H2,30,31,34). The molecule has 3 N–H and O–H groups in total. The first-order valence-corrected chi connectivity index (χ1v) is 13.1. The van der Waals surface area contributed by atoms with Gasteiger partial charge in [0.1, 0.15) is 0 Å². The van der Waals surface area contributed by atoms with Crippen molar-refractivity contribution in [2.45, 2.75) is 70.2 Å². The number of rotatable bonds is 10. The minimum absolute atomic E-state index is 0.0173. The minimum atomic E-state index is -0.559. The molecule has 3 unspecified atom stereocenters. The van der Waals surface area contributed by atoms with Crippen LogP contribution >= 0.6 is 0 Å². The molecule has 2 fully saturated rings. The lowest BCUT2D eigenvalue weighted by Crippen LogP contribution is -2.43. The average molecular weight is 494 g/mol. The highest BCUT2D eigenvalue weighted by molar-refractivity contribution is 5.89. The fourth-order valence-corrected chi connectivity index (χ4v) is 5.20. The molecule has 0 radical (unpaired) electrons. The van der Waals surface area contributed by atoms with Gasteiger partial charge in [0.15, 0.2) is 6.29 Å². The summed E-state index contributed by atoms with van der Waals surface area (Å²) in [6, 6.07) is 15.9. The number of urea groups is 1. The number of nitrogens with one attached hydrogen (secondary N) is 2. The van der Waals surface area contributed by atoms with Gasteiger partial charge in [-0.1, -0.05) is 55.3 Å². The van der Waals surface area contributed by atoms with Crippen LogP contribution in [0, 0.1) is 0 Å². The molecule has 2 amide bonds. The van der Waals surface area contributed by atoms with Crippen LogP contribution in [0.5, 0.6) is 0 Å². The molecule has 194 valence electrons. The topological polar surface area (TPSA) is 83.1 Å². The van der Waals surface area contributed by atoms with E-state index >= 15 is 0 Å². The summed E-state index contributed by atoms with van der Waals surface area (Å²) < 4.78 is 13.0. The SMILES string of the molecule is C=CCN(CC1CC(c2ccc(CO)cc2)OC(c2cccc(NC(=O)NCC)c2)O1)C1CCCC1. The van der Waals surface area contributed by atoms with Crippen LogP contribution in [0.1, 0.15) is 68.1 Å². The molecule has 36 heavy (non-hydrogen) atoms. The lowest BCUT2D eigenvalue weighted by atomic mass is 9.99. The molecule has 2 aliphatic rings. The minimum Gasteiger partial charge on any atom is -0.392 e. The van der Waals surface area contributed by atoms with Gasteiger partial charge in [0, 0.05) is 43.3 Å². The van der Waals surface area contributed by atoms with Gasteiger partial charge in [0.25, 0.3) is 0 Å². The summed E-state index contributed by atoms with van der Waals surface area (Å²) >= 11 is 0. The number of anilines is 1. The molecule has 7 heteroatoms. The highest BCUT2D eigenvalue weighted by Crippen LogP contribution is 2.39. The number of amides is 2. The average Bonchev–Trinajstić information content (AvgIpc) is 3.44. The Hall–Kier alpha value is -2.71. The predicted octanol–water partition coefficient (Wildman–Crippen LogP) is 5.30. The van der Waals surface area contributed by atoms with Gasteiger partial charge in [-0.25, -0.2) is 4.79 Å². The van der Waals surface area contributed by atoms with Crippen LogP contribution < -0.4 is 10.6 Å². The molecule has 1 saturated heterocycles. The van der Waals surface area contributed by atoms with Crippen LogP contribution in [0.4, 0.5) is 10.5 Å². The molecule has 1 aliphatic carbocycles. The summed E-state index contributed by atoms with van der Waals surface area (Å²) in [7, 11) is 0. The van der Waals surface area contributed by atoms with Crippen LogP contribution in [0.3, 0.4) is 0 Å². The van der Waals surface area contributed by atoms with E-state index in [9.17, 15) is 9.90 Å². The van der Waals surface area contributed by atoms with E-state index in [1.54, 1.807) is 0 Å². The number of hydrogen-bond donors (Lipinski definition) is 3. The van der Waals surface area contributed by atoms with Gasteiger partial charge >= 0.3 is 6.03 Å². The quantitative estimate of drug-likeness (QED) is 0.392. The van der Waals surface area contributed by atoms with E-state index in [-0.39, 0.29) is 24.8 Å². The van der Waals surface area contributed by atoms with Gasteiger partial charge < -0.3 is 25.2 Å². The Morgan fingerprint density at radius 1 is 1.14 bits per heavy atom. The maximum absolute atomic E-state index is 12.0. The van der Waals surface area contributed by atoms with E-state index in [1.807, 2.05) is 61.5 Å². The molecule has 1 heterocycles. The number of benzene rings is 2. The second-order valence-electron chi connectivity index (χ2n) is 9.64. The molecule has 4 rings (SSSR count). The summed E-state index contributed by atoms with van der Waals surface area (Å²) in [4.78, 5) is 14.5. The van der Waals surface area contributed by atoms with E-state index in [0.717, 1.165) is 36.2 Å². The van der Waals surface area contributed by atoms with Gasteiger partial charge in [0.2, 0.25) is 0 Å². The Balaban J connectivity index is 1.56. The molecule has 2 aromatic rings. The van der Waals surface area contributed by atoms with Crippen LogP contribution in [0.2, 0.25) is 0 Å². The lowest BCUT2D eigenvalue weighted by molar-refractivity contribution is -0.253. The molecule has 7 nitrogen and oxygen atoms in total. The van der Waals surface area contributed by atoms with Crippen LogP contribution in [0.25, 0.3) is 0 Å². The number of carbonyl (C=O) groups is 1. The maximum atomic E-state index is 12.0. The summed E-state index contributed by atoms with van der Waals surface area (Å²) in [6.07, 6.45) is 7.00. The molecule has 3 atom stereocenters. The first-order chi connectivity index (χ1) is 17.6. The van der Waals surface area contributed by atoms with E-state index in [2.05, 4.69) is 22.1 Å². The van der Waals surface area contributed by atoms with Gasteiger partial charge in [-0.15, -0.1) is 6.58 Å². The van der Waals surface area contributed by atoms with E-state index in [4.69, 9.17) is 9.47 Å². The summed E-state index contributed by atoms with van der Waals surface area (Å²) in [5.41, 5.74) is 3.50. The van der Waals surface area contributed by atoms with Crippen molar-refractivity contribution in [1.29, 1.82) is 0 Å². The molecule has 1 saturated carbocycles. The van der Waals surface area contributed by atoms with Crippen LogP contribution in [-0.2, 0) is 16.1 Å². The lowest BCUT2D eigenvalue weighted by Gasteiger charge is -2.39. The predicted molar refractivity (Wildman–Crippen MR) is 142 cm³/mol. The normalized spacial score (nSPS) is 22.5. The third-order valence-corrected chi connectivity index (χ3v) is 7.01. The summed E-state index contributed by atoms with van der Waals surface area (Å²) in [5.74, 6) is 0. The zero-order valence-corrected chi connectivity index (χ0v) is 21.2. The second kappa shape index (κ2) is 13.0. The first kappa shape index (κ1) is 26.4. The molecular formula is C29H39N3O4. The highest BCUT2D eigenvalue weighted by atomic mass is 16.7. The van der Waals surface area contributed by atoms with Crippen LogP contribution in [-0.4, -0.2) is 47.8 Å². The molecule has 0 bridgehead atoms. The van der Waals surface area contributed by atoms with Crippen molar-refractivity contribution in [3.05, 3.63) is 77.9 Å². The number of ether oxygens (including phenoxy) is 2. The number of aliphatic hydroxyl groups is 1. The first-order valence-electron chi connectivity index (χ1n) is 13.1. The Bertz CT molecular complexity index is 990. The highest BCUT2D eigenvalue weighted by Gasteiger charge is 2.34. The Labute approximate surface area is 214 Å². The van der Waals surface area contributed by atoms with E-state index < -0.39 is 6.29 Å². The van der Waals surface area contributed by atoms with Crippen molar-refractivity contribution in [2.24, 2.45) is 0 Å². The molecule has 0 aromatic heterocycles. The third kappa shape index (κ3) is 6.95. The van der Waals surface area contributed by atoms with Crippen molar-refractivity contribution in [3.8, 4) is 0 Å². The largest absolute Gasteiger partial charge is 0.392 e. The fourth-order valence-electron chi connectivity index (χ4n) is 5.20. The zero-order valence-electron chi connectivity index (χ0n) is 21.2. The van der Waals surface area contributed by atoms with Crippen molar-refractivity contribution >= 4 is 11.7 Å². The molecule has 2 aromatic carbocycles. The number of hydrogen-bond acceptors (Lipinski definition) is 5. The zero-order chi connectivity index (χ0) is 25.3. The monoisotopic (exact) mass is 493 g/mol. The maximum Gasteiger partial charge on any atom is 0.319 e. The second-order valence-corrected chi connectivity index (χ2v) is 9.64. The summed E-state index contributed by atoms with van der Waals surface area (Å²) in [5, 5.41) is 15.1. The smallest absolute Gasteiger partial charge is 0.319 e. The van der Waals surface area contributed by atoms with Crippen molar-refractivity contribution in [2.75, 3.05) is 25.0 Å². The van der Waals surface area contributed by atoms with Crippen molar-refractivity contribution in [1.82, 2.24) is 10.2 Å². The van der Waals surface area contributed by atoms with Crippen LogP contribution in [0.15, 0.2) is 61.2 Å². The Morgan fingerprint density at radius 3 is 2.61 bits per heavy atom. The van der Waals surface area contributed by atoms with E-state index in [1.165, 1.54) is 25.7 Å². The van der Waals surface area contributed by atoms with Gasteiger partial charge in [0.05, 0.1) is 18.8 Å². The number of nitrogens with zero attached hydrogens (tertiary/aromatic N) is 1. The number of carbonyl (C=O) groups excluding carboxylic acids is 1. The van der Waals surface area contributed by atoms with E-state index in [0.29, 0.717) is 18.3 Å². The van der Waals surface area contributed by atoms with Crippen molar-refractivity contribution < 1.29 is 19.4 Å². The number of aliphatic hydroxyl groups excluding tert-OH is 1. The molecular weight excluding hydrogens is 454 g/mol. The Morgan fingerprint density at radius 2 is 1.92 bits per heavy atom. The van der Waals surface area contributed by atoms with Gasteiger partial charge in [-0.3, -0.25) is 4.90 Å². The van der Waals surface area contributed by atoms with Gasteiger partial charge in [-0.05, 0) is 43.0 Å². The Kier molecular flexibility index (Phi) is 9.53. The molecule has 0 spiro atoms. The third-order valence-electron chi connectivity index (χ3n) is 7.01. The fraction of sp³-hybridized carbons (Fsp3) is 0.483. The van der Waals surface area contributed by atoms with Gasteiger partial charge in [-0.2, -0.15) is 0 Å². The summed E-state index contributed by atoms with van der Waals surface area (Å²) in [6.45, 7) is 8.11. The molecule has 1 aliphatic heterocycles. The van der Waals surface area contributed by atoms with Crippen molar-refractivity contribution in [3.63, 3.8) is 0 Å².